The lowest BCUT2D eigenvalue weighted by Crippen LogP contribution is -2.50. The monoisotopic (exact) mass is 454 g/mol. The zero-order chi connectivity index (χ0) is 22.7. The fraction of sp³-hybridized carbons (Fsp3) is 0.304. The van der Waals surface area contributed by atoms with Gasteiger partial charge in [-0.25, -0.2) is 4.39 Å². The van der Waals surface area contributed by atoms with E-state index in [9.17, 15) is 14.0 Å². The highest BCUT2D eigenvalue weighted by Gasteiger charge is 2.31. The van der Waals surface area contributed by atoms with Crippen LogP contribution in [0.3, 0.4) is 0 Å². The first kappa shape index (κ1) is 22.0. The summed E-state index contributed by atoms with van der Waals surface area (Å²) >= 11 is 1.31. The topological polar surface area (TPSA) is 86.6 Å². The van der Waals surface area contributed by atoms with Crippen LogP contribution in [0, 0.1) is 11.7 Å². The number of carboxylic acids is 1. The van der Waals surface area contributed by atoms with E-state index < -0.39 is 11.8 Å². The summed E-state index contributed by atoms with van der Waals surface area (Å²) in [5.41, 5.74) is 2.33. The molecule has 32 heavy (non-hydrogen) atoms. The molecule has 0 radical (unpaired) electrons. The number of nitrogens with zero attached hydrogens (tertiary/aromatic N) is 4. The minimum Gasteiger partial charge on any atom is -0.481 e. The summed E-state index contributed by atoms with van der Waals surface area (Å²) in [5.74, 6) is -1.73. The minimum atomic E-state index is -0.721. The smallest absolute Gasteiger partial charge is 0.309 e. The molecule has 0 spiro atoms. The fourth-order valence-electron chi connectivity index (χ4n) is 3.59. The lowest BCUT2D eigenvalue weighted by Gasteiger charge is -2.36. The van der Waals surface area contributed by atoms with E-state index in [1.54, 1.807) is 6.07 Å². The summed E-state index contributed by atoms with van der Waals surface area (Å²) in [6.45, 7) is 4.29. The molecule has 0 saturated carbocycles. The normalized spacial score (nSPS) is 14.2. The number of benzene rings is 2. The molecule has 0 unspecified atom stereocenters. The van der Waals surface area contributed by atoms with Gasteiger partial charge in [0.25, 0.3) is 5.91 Å². The zero-order valence-electron chi connectivity index (χ0n) is 17.6. The van der Waals surface area contributed by atoms with E-state index in [4.69, 9.17) is 5.11 Å². The van der Waals surface area contributed by atoms with Gasteiger partial charge in [-0.15, -0.1) is 10.2 Å². The van der Waals surface area contributed by atoms with Crippen molar-refractivity contribution in [2.75, 3.05) is 31.1 Å². The number of aliphatic carboxylic acids is 1. The Bertz CT molecular complexity index is 1110. The molecule has 1 aliphatic heterocycles. The van der Waals surface area contributed by atoms with Gasteiger partial charge in [0, 0.05) is 37.3 Å². The summed E-state index contributed by atoms with van der Waals surface area (Å²) in [5, 5.41) is 18.5. The Morgan fingerprint density at radius 1 is 1.19 bits per heavy atom. The van der Waals surface area contributed by atoms with Crippen molar-refractivity contribution in [3.05, 3.63) is 65.5 Å². The molecule has 0 aliphatic carbocycles. The van der Waals surface area contributed by atoms with Crippen LogP contribution in [0.4, 0.5) is 9.52 Å². The summed E-state index contributed by atoms with van der Waals surface area (Å²) in [4.78, 5) is 27.3. The van der Waals surface area contributed by atoms with E-state index in [-0.39, 0.29) is 17.4 Å². The first-order valence-corrected chi connectivity index (χ1v) is 11.2. The summed E-state index contributed by atoms with van der Waals surface area (Å²) in [7, 11) is 0. The molecule has 9 heteroatoms. The van der Waals surface area contributed by atoms with Crippen molar-refractivity contribution in [2.24, 2.45) is 5.92 Å². The van der Waals surface area contributed by atoms with Crippen LogP contribution in [-0.4, -0.2) is 58.3 Å². The van der Waals surface area contributed by atoms with Crippen LogP contribution in [0.2, 0.25) is 0 Å². The Morgan fingerprint density at radius 2 is 1.94 bits per heavy atom. The number of anilines is 1. The molecule has 1 amide bonds. The fourth-order valence-corrected chi connectivity index (χ4v) is 4.51. The van der Waals surface area contributed by atoms with Crippen LogP contribution >= 0.6 is 11.3 Å². The van der Waals surface area contributed by atoms with Gasteiger partial charge in [-0.3, -0.25) is 14.5 Å². The quantitative estimate of drug-likeness (QED) is 0.560. The molecule has 3 aromatic rings. The number of hydrogen-bond donors (Lipinski definition) is 1. The third kappa shape index (κ3) is 4.84. The van der Waals surface area contributed by atoms with E-state index >= 15 is 0 Å². The second-order valence-electron chi connectivity index (χ2n) is 7.69. The summed E-state index contributed by atoms with van der Waals surface area (Å²) in [6, 6.07) is 13.6. The van der Waals surface area contributed by atoms with Gasteiger partial charge >= 0.3 is 5.97 Å². The Hall–Kier alpha value is -3.17. The van der Waals surface area contributed by atoms with E-state index in [0.29, 0.717) is 29.8 Å². The van der Waals surface area contributed by atoms with Crippen LogP contribution in [-0.2, 0) is 11.2 Å². The molecule has 0 bridgehead atoms. The molecule has 2 heterocycles. The van der Waals surface area contributed by atoms with Gasteiger partial charge in [0.05, 0.1) is 5.92 Å². The molecule has 1 N–H and O–H groups in total. The first-order chi connectivity index (χ1) is 15.4. The van der Waals surface area contributed by atoms with Crippen LogP contribution in [0.25, 0.3) is 10.6 Å². The maximum atomic E-state index is 13.5. The van der Waals surface area contributed by atoms with Crippen LogP contribution < -0.4 is 4.90 Å². The van der Waals surface area contributed by atoms with E-state index in [1.807, 2.05) is 31.2 Å². The van der Waals surface area contributed by atoms with Gasteiger partial charge in [-0.2, -0.15) is 0 Å². The maximum Gasteiger partial charge on any atom is 0.309 e. The molecule has 1 aromatic heterocycles. The summed E-state index contributed by atoms with van der Waals surface area (Å²) < 4.78 is 13.5. The van der Waals surface area contributed by atoms with Crippen LogP contribution in [0.1, 0.15) is 22.8 Å². The molecule has 0 atom stereocenters. The van der Waals surface area contributed by atoms with Gasteiger partial charge in [-0.1, -0.05) is 41.7 Å². The predicted molar refractivity (Wildman–Crippen MR) is 120 cm³/mol. The second kappa shape index (κ2) is 9.54. The van der Waals surface area contributed by atoms with Crippen molar-refractivity contribution in [3.63, 3.8) is 0 Å². The number of carbonyl (C=O) groups is 2. The van der Waals surface area contributed by atoms with Gasteiger partial charge < -0.3 is 10.0 Å². The number of rotatable bonds is 8. The number of carboxylic acid groups (broad SMARTS) is 1. The number of likely N-dealkylation sites (tertiary alicyclic amines) is 1. The van der Waals surface area contributed by atoms with Gasteiger partial charge in [0.2, 0.25) is 5.13 Å². The summed E-state index contributed by atoms with van der Waals surface area (Å²) in [6.07, 6.45) is 0.847. The van der Waals surface area contributed by atoms with Crippen molar-refractivity contribution in [2.45, 2.75) is 13.3 Å². The van der Waals surface area contributed by atoms with Gasteiger partial charge in [0.1, 0.15) is 10.8 Å². The van der Waals surface area contributed by atoms with Crippen molar-refractivity contribution < 1.29 is 19.1 Å². The number of hydrogen-bond acceptors (Lipinski definition) is 6. The molecule has 4 rings (SSSR count). The lowest BCUT2D eigenvalue weighted by molar-refractivity contribution is -0.147. The molecule has 1 aliphatic rings. The predicted octanol–water partition coefficient (Wildman–Crippen LogP) is 3.57. The van der Waals surface area contributed by atoms with Crippen LogP contribution in [0.5, 0.6) is 0 Å². The van der Waals surface area contributed by atoms with Crippen LogP contribution in [0.15, 0.2) is 48.5 Å². The number of aromatic nitrogens is 2. The molecule has 2 aromatic carbocycles. The Balaban J connectivity index is 1.39. The average molecular weight is 455 g/mol. The highest BCUT2D eigenvalue weighted by molar-refractivity contribution is 7.18. The molecular formula is C23H23FN4O3S. The Kier molecular flexibility index (Phi) is 6.57. The molecule has 7 nitrogen and oxygen atoms in total. The van der Waals surface area contributed by atoms with E-state index in [1.165, 1.54) is 34.4 Å². The number of amides is 1. The largest absolute Gasteiger partial charge is 0.481 e. The zero-order valence-corrected chi connectivity index (χ0v) is 18.4. The SMILES string of the molecule is CCN(C(=O)c1cccc(F)c1)c1nnc(-c2ccc(CCN3CC(C(=O)O)C3)cc2)s1. The van der Waals surface area contributed by atoms with Gasteiger partial charge in [0.15, 0.2) is 0 Å². The highest BCUT2D eigenvalue weighted by atomic mass is 32.1. The number of carbonyl (C=O) groups excluding carboxylic acids is 1. The highest BCUT2D eigenvalue weighted by Crippen LogP contribution is 2.30. The van der Waals surface area contributed by atoms with Crippen molar-refractivity contribution in [3.8, 4) is 10.6 Å². The number of halogens is 1. The lowest BCUT2D eigenvalue weighted by atomic mass is 9.99. The third-order valence-electron chi connectivity index (χ3n) is 5.50. The van der Waals surface area contributed by atoms with Gasteiger partial charge in [-0.05, 0) is 37.1 Å². The molecule has 166 valence electrons. The Labute approximate surface area is 189 Å². The minimum absolute atomic E-state index is 0.237. The van der Waals surface area contributed by atoms with E-state index in [2.05, 4.69) is 15.1 Å². The van der Waals surface area contributed by atoms with Crippen molar-refractivity contribution in [1.82, 2.24) is 15.1 Å². The average Bonchev–Trinajstić information content (AvgIpc) is 3.23. The molecule has 1 saturated heterocycles. The maximum absolute atomic E-state index is 13.5. The Morgan fingerprint density at radius 3 is 2.59 bits per heavy atom. The molecular weight excluding hydrogens is 431 g/mol. The standard InChI is InChI=1S/C23H23FN4O3S/c1-2-28(21(29)17-4-3-5-19(24)12-17)23-26-25-20(32-23)16-8-6-15(7-9-16)10-11-27-13-18(14-27)22(30)31/h3-9,12,18H,2,10-11,13-14H2,1H3,(H,30,31). The second-order valence-corrected chi connectivity index (χ2v) is 8.65. The first-order valence-electron chi connectivity index (χ1n) is 10.4. The third-order valence-corrected chi connectivity index (χ3v) is 6.50. The van der Waals surface area contributed by atoms with E-state index in [0.717, 1.165) is 24.1 Å². The molecule has 1 fully saturated rings. The van der Waals surface area contributed by atoms with Crippen molar-refractivity contribution in [1.29, 1.82) is 0 Å². The van der Waals surface area contributed by atoms with Crippen molar-refractivity contribution >= 4 is 28.3 Å².